The molecule has 0 bridgehead atoms. The summed E-state index contributed by atoms with van der Waals surface area (Å²) in [5.74, 6) is -0.0218. The molecule has 0 saturated heterocycles. The highest BCUT2D eigenvalue weighted by Gasteiger charge is 2.30. The van der Waals surface area contributed by atoms with Gasteiger partial charge in [-0.25, -0.2) is 4.98 Å². The molecule has 66 valence electrons. The van der Waals surface area contributed by atoms with Gasteiger partial charge in [0.25, 0.3) is 0 Å². The molecule has 0 aliphatic rings. The van der Waals surface area contributed by atoms with Crippen molar-refractivity contribution in [3.63, 3.8) is 0 Å². The molecular weight excluding hydrogens is 193 g/mol. The van der Waals surface area contributed by atoms with Crippen LogP contribution in [-0.4, -0.2) is 4.98 Å². The van der Waals surface area contributed by atoms with E-state index in [1.807, 2.05) is 4.84 Å². The molecule has 0 aliphatic heterocycles. The lowest BCUT2D eigenvalue weighted by Crippen LogP contribution is -2.05. The van der Waals surface area contributed by atoms with Crippen LogP contribution in [0.3, 0.4) is 0 Å². The molecule has 1 aromatic heterocycles. The van der Waals surface area contributed by atoms with Crippen LogP contribution >= 0.6 is 11.8 Å². The third-order valence-corrected chi connectivity index (χ3v) is 1.38. The molecule has 0 aliphatic carbocycles. The van der Waals surface area contributed by atoms with Crippen LogP contribution in [0.4, 0.5) is 19.0 Å². The zero-order chi connectivity index (χ0) is 9.19. The second kappa shape index (κ2) is 3.18. The molecule has 0 unspecified atom stereocenters. The Hall–Kier alpha value is -0.970. The van der Waals surface area contributed by atoms with Gasteiger partial charge in [-0.15, -0.1) is 0 Å². The molecule has 2 nitrogen and oxygen atoms in total. The first-order valence-electron chi connectivity index (χ1n) is 2.94. The lowest BCUT2D eigenvalue weighted by molar-refractivity contribution is -0.137. The number of hydrogen-bond acceptors (Lipinski definition) is 2. The van der Waals surface area contributed by atoms with Gasteiger partial charge in [0.1, 0.15) is 5.82 Å². The van der Waals surface area contributed by atoms with Crippen molar-refractivity contribution >= 4 is 17.6 Å². The summed E-state index contributed by atoms with van der Waals surface area (Å²) in [6.07, 6.45) is -3.32. The van der Waals surface area contributed by atoms with Gasteiger partial charge in [-0.3, -0.25) is 4.84 Å². The third-order valence-electron chi connectivity index (χ3n) is 1.18. The molecule has 1 aromatic rings. The van der Waals surface area contributed by atoms with E-state index < -0.39 is 11.7 Å². The molecule has 1 N–H and O–H groups in total. The van der Waals surface area contributed by atoms with Gasteiger partial charge in [-0.05, 0) is 12.1 Å². The summed E-state index contributed by atoms with van der Waals surface area (Å²) in [6.45, 7) is 0. The molecule has 0 aromatic carbocycles. The lowest BCUT2D eigenvalue weighted by atomic mass is 10.2. The number of nitrogens with zero attached hydrogens (tertiary/aromatic N) is 1. The maximum atomic E-state index is 12.0. The number of nitrogens with one attached hydrogen (secondary N) is 1. The summed E-state index contributed by atoms with van der Waals surface area (Å²) in [5, 5.41) is 0. The quantitative estimate of drug-likeness (QED) is 0.699. The summed E-state index contributed by atoms with van der Waals surface area (Å²) >= 11 is 5.07. The lowest BCUT2D eigenvalue weighted by Gasteiger charge is -2.06. The van der Waals surface area contributed by atoms with Gasteiger partial charge in [0, 0.05) is 18.0 Å². The minimum Gasteiger partial charge on any atom is -0.283 e. The van der Waals surface area contributed by atoms with Gasteiger partial charge in [-0.2, -0.15) is 13.2 Å². The van der Waals surface area contributed by atoms with Crippen LogP contribution in [0.15, 0.2) is 18.3 Å². The molecule has 0 saturated carbocycles. The Morgan fingerprint density at radius 2 is 2.08 bits per heavy atom. The first-order valence-corrected chi connectivity index (χ1v) is 3.32. The van der Waals surface area contributed by atoms with Crippen LogP contribution in [0.25, 0.3) is 0 Å². The van der Waals surface area contributed by atoms with Crippen molar-refractivity contribution < 1.29 is 13.2 Å². The molecule has 0 atom stereocenters. The fourth-order valence-electron chi connectivity index (χ4n) is 0.659. The molecule has 12 heavy (non-hydrogen) atoms. The van der Waals surface area contributed by atoms with Crippen molar-refractivity contribution in [1.29, 1.82) is 0 Å². The Labute approximate surface area is 71.5 Å². The van der Waals surface area contributed by atoms with Gasteiger partial charge >= 0.3 is 6.18 Å². The Kier molecular flexibility index (Phi) is 2.42. The average molecular weight is 197 g/mol. The number of anilines is 1. The second-order valence-electron chi connectivity index (χ2n) is 2.02. The van der Waals surface area contributed by atoms with Crippen molar-refractivity contribution in [3.8, 4) is 0 Å². The van der Waals surface area contributed by atoms with E-state index in [1.54, 1.807) is 0 Å². The van der Waals surface area contributed by atoms with Gasteiger partial charge in [0.05, 0.1) is 5.56 Å². The van der Waals surface area contributed by atoms with Crippen LogP contribution in [-0.2, 0) is 6.18 Å². The number of rotatable bonds is 1. The minimum absolute atomic E-state index is 0.0218. The zero-order valence-electron chi connectivity index (χ0n) is 5.69. The summed E-state index contributed by atoms with van der Waals surface area (Å²) in [4.78, 5) is 5.53. The molecular formula is C6H4ClF3N2. The Bertz CT molecular complexity index is 274. The molecule has 0 spiro atoms. The molecule has 1 heterocycles. The van der Waals surface area contributed by atoms with E-state index in [9.17, 15) is 13.2 Å². The van der Waals surface area contributed by atoms with E-state index in [0.29, 0.717) is 0 Å². The van der Waals surface area contributed by atoms with Crippen molar-refractivity contribution in [3.05, 3.63) is 23.9 Å². The SMILES string of the molecule is FC(F)(F)c1ccnc(NCl)c1. The summed E-state index contributed by atoms with van der Waals surface area (Å²) in [7, 11) is 0. The summed E-state index contributed by atoms with van der Waals surface area (Å²) < 4.78 is 36.0. The molecule has 0 amide bonds. The topological polar surface area (TPSA) is 24.9 Å². The van der Waals surface area contributed by atoms with E-state index >= 15 is 0 Å². The predicted octanol–water partition coefficient (Wildman–Crippen LogP) is 2.67. The van der Waals surface area contributed by atoms with Crippen LogP contribution in [0.5, 0.6) is 0 Å². The van der Waals surface area contributed by atoms with Gasteiger partial charge in [0.15, 0.2) is 0 Å². The van der Waals surface area contributed by atoms with E-state index in [-0.39, 0.29) is 5.82 Å². The number of aromatic nitrogens is 1. The van der Waals surface area contributed by atoms with Gasteiger partial charge in [0.2, 0.25) is 0 Å². The number of halogens is 4. The smallest absolute Gasteiger partial charge is 0.283 e. The maximum Gasteiger partial charge on any atom is 0.416 e. The van der Waals surface area contributed by atoms with E-state index in [1.165, 1.54) is 0 Å². The van der Waals surface area contributed by atoms with Gasteiger partial charge < -0.3 is 0 Å². The van der Waals surface area contributed by atoms with Crippen molar-refractivity contribution in [2.24, 2.45) is 0 Å². The van der Waals surface area contributed by atoms with Crippen molar-refractivity contribution in [2.45, 2.75) is 6.18 Å². The van der Waals surface area contributed by atoms with Crippen molar-refractivity contribution in [2.75, 3.05) is 4.84 Å². The monoisotopic (exact) mass is 196 g/mol. The largest absolute Gasteiger partial charge is 0.416 e. The highest BCUT2D eigenvalue weighted by Crippen LogP contribution is 2.29. The van der Waals surface area contributed by atoms with Crippen LogP contribution in [0.2, 0.25) is 0 Å². The summed E-state index contributed by atoms with van der Waals surface area (Å²) in [6, 6.07) is 1.70. The highest BCUT2D eigenvalue weighted by molar-refractivity contribution is 6.23. The number of pyridine rings is 1. The van der Waals surface area contributed by atoms with E-state index in [2.05, 4.69) is 4.98 Å². The van der Waals surface area contributed by atoms with Crippen LogP contribution < -0.4 is 4.84 Å². The molecule has 6 heteroatoms. The Morgan fingerprint density at radius 3 is 2.58 bits per heavy atom. The van der Waals surface area contributed by atoms with Crippen LogP contribution in [0, 0.1) is 0 Å². The van der Waals surface area contributed by atoms with Gasteiger partial charge in [-0.1, -0.05) is 0 Å². The number of hydrogen-bond donors (Lipinski definition) is 1. The zero-order valence-corrected chi connectivity index (χ0v) is 6.45. The normalized spacial score (nSPS) is 11.3. The van der Waals surface area contributed by atoms with E-state index in [0.717, 1.165) is 18.3 Å². The first-order chi connectivity index (χ1) is 5.54. The highest BCUT2D eigenvalue weighted by atomic mass is 35.5. The first kappa shape index (κ1) is 9.12. The maximum absolute atomic E-state index is 12.0. The average Bonchev–Trinajstić information content (AvgIpc) is 2.03. The van der Waals surface area contributed by atoms with Crippen LogP contribution in [0.1, 0.15) is 5.56 Å². The fourth-order valence-corrected chi connectivity index (χ4v) is 0.762. The predicted molar refractivity (Wildman–Crippen MR) is 38.7 cm³/mol. The van der Waals surface area contributed by atoms with Crippen molar-refractivity contribution in [1.82, 2.24) is 4.98 Å². The Balaban J connectivity index is 3.02. The number of alkyl halides is 3. The minimum atomic E-state index is -4.36. The van der Waals surface area contributed by atoms with E-state index in [4.69, 9.17) is 11.8 Å². The summed E-state index contributed by atoms with van der Waals surface area (Å²) in [5.41, 5.74) is -0.777. The fraction of sp³-hybridized carbons (Fsp3) is 0.167. The third kappa shape index (κ3) is 2.01. The molecule has 1 rings (SSSR count). The molecule has 0 fully saturated rings. The second-order valence-corrected chi connectivity index (χ2v) is 2.21. The molecule has 0 radical (unpaired) electrons. The Morgan fingerprint density at radius 1 is 1.42 bits per heavy atom. The standard InChI is InChI=1S/C6H4ClF3N2/c7-12-5-3-4(1-2-11-5)6(8,9)10/h1-3H,(H,11,12).